The molecule has 2 N–H and O–H groups in total. The van der Waals surface area contributed by atoms with Gasteiger partial charge in [0, 0.05) is 25.8 Å². The molecule has 1 aromatic carbocycles. The van der Waals surface area contributed by atoms with Crippen LogP contribution in [-0.4, -0.2) is 61.6 Å². The highest BCUT2D eigenvalue weighted by Gasteiger charge is 2.64. The number of nitrogens with zero attached hydrogens (tertiary/aromatic N) is 3. The molecule has 11 heteroatoms. The van der Waals surface area contributed by atoms with Crippen LogP contribution in [0.1, 0.15) is 19.4 Å². The molecule has 0 aliphatic carbocycles. The van der Waals surface area contributed by atoms with E-state index < -0.39 is 47.8 Å². The van der Waals surface area contributed by atoms with E-state index in [1.807, 2.05) is 14.1 Å². The van der Waals surface area contributed by atoms with Gasteiger partial charge in [0.05, 0.1) is 17.5 Å². The fraction of sp³-hybridized carbons (Fsp3) is 0.500. The van der Waals surface area contributed by atoms with E-state index in [-0.39, 0.29) is 6.42 Å². The Morgan fingerprint density at radius 1 is 1.16 bits per heavy atom. The number of barbiturate groups is 1. The van der Waals surface area contributed by atoms with Crippen LogP contribution >= 0.6 is 0 Å². The van der Waals surface area contributed by atoms with Gasteiger partial charge in [-0.2, -0.15) is 0 Å². The largest absolute Gasteiger partial charge is 0.368 e. The van der Waals surface area contributed by atoms with Crippen LogP contribution in [0.3, 0.4) is 0 Å². The number of rotatable bonds is 1. The molecule has 10 nitrogen and oxygen atoms in total. The molecule has 1 unspecified atom stereocenters. The van der Waals surface area contributed by atoms with Crippen LogP contribution < -0.4 is 20.4 Å². The van der Waals surface area contributed by atoms with Crippen molar-refractivity contribution >= 4 is 40.3 Å². The first-order valence-corrected chi connectivity index (χ1v) is 9.99. The number of nitrogens with one attached hydrogen (secondary N) is 2. The van der Waals surface area contributed by atoms with Crippen LogP contribution in [0.15, 0.2) is 16.7 Å². The number of ether oxygens (including phenoxy) is 1. The molecule has 2 saturated heterocycles. The summed E-state index contributed by atoms with van der Waals surface area (Å²) in [6.45, 7) is 3.29. The standard InChI is InChI=1S/C20H22FN5O5/c1-8-14-20(17(27)22-19(29)23-18(20)28)7-10-5-11-13(31-24-16(11)25(3)4)6-12(10)26(14)15(21)9(2)30-8/h5-6,8-9,14-15H,7H2,1-4H3,(H2,22,23,27,28,29)/t8-,9+,14+,15?/m0/s1. The van der Waals surface area contributed by atoms with Gasteiger partial charge in [0.15, 0.2) is 23.1 Å². The number of urea groups is 1. The number of alkyl halides is 1. The van der Waals surface area contributed by atoms with E-state index >= 15 is 4.39 Å². The smallest absolute Gasteiger partial charge is 0.328 e. The molecule has 2 aromatic rings. The summed E-state index contributed by atoms with van der Waals surface area (Å²) in [5, 5.41) is 9.13. The van der Waals surface area contributed by atoms with Crippen molar-refractivity contribution in [3.8, 4) is 0 Å². The van der Waals surface area contributed by atoms with E-state index in [0.717, 1.165) is 0 Å². The van der Waals surface area contributed by atoms with Gasteiger partial charge in [-0.25, -0.2) is 9.18 Å². The number of benzene rings is 1. The first kappa shape index (κ1) is 19.7. The van der Waals surface area contributed by atoms with E-state index in [1.54, 1.807) is 30.9 Å². The monoisotopic (exact) mass is 431 g/mol. The van der Waals surface area contributed by atoms with Gasteiger partial charge in [-0.1, -0.05) is 5.16 Å². The molecule has 1 aromatic heterocycles. The van der Waals surface area contributed by atoms with Gasteiger partial charge in [-0.05, 0) is 31.9 Å². The minimum Gasteiger partial charge on any atom is -0.368 e. The average molecular weight is 431 g/mol. The zero-order valence-electron chi connectivity index (χ0n) is 17.4. The average Bonchev–Trinajstić information content (AvgIpc) is 3.10. The summed E-state index contributed by atoms with van der Waals surface area (Å²) in [6.07, 6.45) is -3.11. The van der Waals surface area contributed by atoms with Crippen molar-refractivity contribution in [1.29, 1.82) is 0 Å². The Labute approximate surface area is 176 Å². The number of carbonyl (C=O) groups is 3. The van der Waals surface area contributed by atoms with E-state index in [4.69, 9.17) is 9.26 Å². The summed E-state index contributed by atoms with van der Waals surface area (Å²) in [7, 11) is 3.62. The summed E-state index contributed by atoms with van der Waals surface area (Å²) < 4.78 is 26.8. The maximum absolute atomic E-state index is 15.6. The van der Waals surface area contributed by atoms with E-state index in [0.29, 0.717) is 28.0 Å². The number of carbonyl (C=O) groups excluding carboxylic acids is 3. The van der Waals surface area contributed by atoms with Gasteiger partial charge >= 0.3 is 6.03 Å². The second-order valence-electron chi connectivity index (χ2n) is 8.53. The van der Waals surface area contributed by atoms with Crippen LogP contribution in [0.25, 0.3) is 11.0 Å². The number of halogens is 1. The number of imide groups is 2. The number of hydrogen-bond acceptors (Lipinski definition) is 8. The molecule has 3 aliphatic rings. The normalized spacial score (nSPS) is 29.5. The van der Waals surface area contributed by atoms with Crippen LogP contribution in [0, 0.1) is 5.41 Å². The molecule has 164 valence electrons. The summed E-state index contributed by atoms with van der Waals surface area (Å²) >= 11 is 0. The zero-order valence-corrected chi connectivity index (χ0v) is 17.4. The predicted octanol–water partition coefficient (Wildman–Crippen LogP) is 1.08. The Bertz CT molecular complexity index is 1110. The first-order valence-electron chi connectivity index (χ1n) is 9.99. The molecule has 0 saturated carbocycles. The van der Waals surface area contributed by atoms with Crippen molar-refractivity contribution in [2.45, 2.75) is 44.8 Å². The minimum atomic E-state index is -1.74. The second kappa shape index (κ2) is 6.39. The van der Waals surface area contributed by atoms with Crippen molar-refractivity contribution in [3.63, 3.8) is 0 Å². The van der Waals surface area contributed by atoms with Gasteiger partial charge in [-0.3, -0.25) is 20.2 Å². The highest BCUT2D eigenvalue weighted by molar-refractivity contribution is 6.20. The molecular weight excluding hydrogens is 409 g/mol. The third-order valence-corrected chi connectivity index (χ3v) is 6.42. The quantitative estimate of drug-likeness (QED) is 0.509. The lowest BCUT2D eigenvalue weighted by Gasteiger charge is -2.56. The van der Waals surface area contributed by atoms with Crippen molar-refractivity contribution in [2.75, 3.05) is 23.9 Å². The van der Waals surface area contributed by atoms with Crippen LogP contribution in [0.4, 0.5) is 20.7 Å². The summed E-state index contributed by atoms with van der Waals surface area (Å²) in [5.74, 6) is -0.961. The second-order valence-corrected chi connectivity index (χ2v) is 8.53. The topological polar surface area (TPSA) is 117 Å². The molecule has 31 heavy (non-hydrogen) atoms. The van der Waals surface area contributed by atoms with E-state index in [2.05, 4.69) is 15.8 Å². The summed E-state index contributed by atoms with van der Waals surface area (Å²) in [4.78, 5) is 41.2. The third kappa shape index (κ3) is 2.52. The Morgan fingerprint density at radius 2 is 1.84 bits per heavy atom. The molecule has 1 spiro atoms. The van der Waals surface area contributed by atoms with Crippen LogP contribution in [0.2, 0.25) is 0 Å². The van der Waals surface area contributed by atoms with E-state index in [9.17, 15) is 14.4 Å². The van der Waals surface area contributed by atoms with E-state index in [1.165, 1.54) is 4.90 Å². The molecule has 4 atom stereocenters. The van der Waals surface area contributed by atoms with Crippen LogP contribution in [0.5, 0.6) is 0 Å². The van der Waals surface area contributed by atoms with Crippen molar-refractivity contribution < 1.29 is 28.0 Å². The Balaban J connectivity index is 1.77. The number of morpholine rings is 1. The highest BCUT2D eigenvalue weighted by atomic mass is 19.1. The molecule has 5 rings (SSSR count). The molecule has 3 aliphatic heterocycles. The zero-order chi connectivity index (χ0) is 22.2. The lowest BCUT2D eigenvalue weighted by Crippen LogP contribution is -2.76. The van der Waals surface area contributed by atoms with Gasteiger partial charge in [0.1, 0.15) is 6.10 Å². The Hall–Kier alpha value is -3.21. The SMILES string of the molecule is C[C@@H]1O[C@H](C)C(F)N2c3cc4onc(N(C)C)c4cc3CC3(C(=O)NC(=O)NC3=O)[C@@H]12. The van der Waals surface area contributed by atoms with Gasteiger partial charge < -0.3 is 19.1 Å². The third-order valence-electron chi connectivity index (χ3n) is 6.42. The minimum absolute atomic E-state index is 0.0305. The Morgan fingerprint density at radius 3 is 2.48 bits per heavy atom. The number of amides is 4. The number of fused-ring (bicyclic) bond motifs is 5. The fourth-order valence-electron chi connectivity index (χ4n) is 5.11. The van der Waals surface area contributed by atoms with Gasteiger partial charge in [0.2, 0.25) is 11.8 Å². The highest BCUT2D eigenvalue weighted by Crippen LogP contribution is 2.49. The first-order chi connectivity index (χ1) is 14.6. The molecule has 0 bridgehead atoms. The lowest BCUT2D eigenvalue weighted by atomic mass is 9.66. The molecule has 0 radical (unpaired) electrons. The van der Waals surface area contributed by atoms with Crippen molar-refractivity contribution in [1.82, 2.24) is 15.8 Å². The number of aromatic nitrogens is 1. The maximum atomic E-state index is 15.6. The number of anilines is 2. The summed E-state index contributed by atoms with van der Waals surface area (Å²) in [5.41, 5.74) is -0.187. The molecule has 4 amide bonds. The molecule has 2 fully saturated rings. The lowest BCUT2D eigenvalue weighted by molar-refractivity contribution is -0.159. The van der Waals surface area contributed by atoms with Crippen molar-refractivity contribution in [3.05, 3.63) is 17.7 Å². The molecule has 4 heterocycles. The van der Waals surface area contributed by atoms with Gasteiger partial charge in [-0.15, -0.1) is 0 Å². The summed E-state index contributed by atoms with van der Waals surface area (Å²) in [6, 6.07) is 1.60. The predicted molar refractivity (Wildman–Crippen MR) is 107 cm³/mol. The fourth-order valence-corrected chi connectivity index (χ4v) is 5.11. The number of hydrogen-bond donors (Lipinski definition) is 2. The molecular formula is C20H22FN5O5. The Kier molecular flexibility index (Phi) is 4.07. The van der Waals surface area contributed by atoms with Crippen molar-refractivity contribution in [2.24, 2.45) is 5.41 Å². The van der Waals surface area contributed by atoms with Gasteiger partial charge in [0.25, 0.3) is 0 Å². The maximum Gasteiger partial charge on any atom is 0.328 e. The van der Waals surface area contributed by atoms with Crippen LogP contribution in [-0.2, 0) is 20.7 Å².